The van der Waals surface area contributed by atoms with Crippen LogP contribution in [0.3, 0.4) is 0 Å². The van der Waals surface area contributed by atoms with E-state index in [1.165, 1.54) is 6.42 Å². The molecule has 0 radical (unpaired) electrons. The number of carbonyl (C=O) groups excluding carboxylic acids is 1. The molecule has 1 fully saturated rings. The molecule has 1 aliphatic heterocycles. The SMILES string of the molecule is CC1CCCN(C(=O)c2ccn(-c3ccccc3N)n2)C1. The van der Waals surface area contributed by atoms with Gasteiger partial charge in [-0.15, -0.1) is 0 Å². The lowest BCUT2D eigenvalue weighted by molar-refractivity contribution is 0.0676. The van der Waals surface area contributed by atoms with Gasteiger partial charge in [0, 0.05) is 19.3 Å². The van der Waals surface area contributed by atoms with Crippen LogP contribution in [0, 0.1) is 5.92 Å². The highest BCUT2D eigenvalue weighted by Crippen LogP contribution is 2.19. The molecule has 1 amide bonds. The van der Waals surface area contributed by atoms with Gasteiger partial charge in [0.1, 0.15) is 0 Å². The standard InChI is InChI=1S/C16H20N4O/c1-12-5-4-9-19(11-12)16(21)14-8-10-20(18-14)15-7-3-2-6-13(15)17/h2-3,6-8,10,12H,4-5,9,11,17H2,1H3. The number of anilines is 1. The van der Waals surface area contributed by atoms with Crippen molar-refractivity contribution < 1.29 is 4.79 Å². The third-order valence-corrected chi connectivity index (χ3v) is 3.94. The van der Waals surface area contributed by atoms with Gasteiger partial charge in [-0.05, 0) is 37.0 Å². The number of nitrogen functional groups attached to an aromatic ring is 1. The summed E-state index contributed by atoms with van der Waals surface area (Å²) >= 11 is 0. The highest BCUT2D eigenvalue weighted by Gasteiger charge is 2.23. The zero-order valence-corrected chi connectivity index (χ0v) is 12.2. The monoisotopic (exact) mass is 284 g/mol. The average Bonchev–Trinajstić information content (AvgIpc) is 2.96. The molecule has 2 heterocycles. The van der Waals surface area contributed by atoms with Crippen molar-refractivity contribution in [1.29, 1.82) is 0 Å². The van der Waals surface area contributed by atoms with Gasteiger partial charge >= 0.3 is 0 Å². The number of piperidine rings is 1. The van der Waals surface area contributed by atoms with Gasteiger partial charge in [0.05, 0.1) is 11.4 Å². The van der Waals surface area contributed by atoms with Crippen LogP contribution in [0.2, 0.25) is 0 Å². The smallest absolute Gasteiger partial charge is 0.274 e. The van der Waals surface area contributed by atoms with Crippen molar-refractivity contribution in [3.8, 4) is 5.69 Å². The Morgan fingerprint density at radius 1 is 1.33 bits per heavy atom. The Bertz CT molecular complexity index is 649. The van der Waals surface area contributed by atoms with Gasteiger partial charge in [0.15, 0.2) is 5.69 Å². The topological polar surface area (TPSA) is 64.2 Å². The van der Waals surface area contributed by atoms with E-state index in [-0.39, 0.29) is 5.91 Å². The van der Waals surface area contributed by atoms with Gasteiger partial charge in [-0.1, -0.05) is 19.1 Å². The van der Waals surface area contributed by atoms with E-state index in [2.05, 4.69) is 12.0 Å². The molecule has 0 spiro atoms. The lowest BCUT2D eigenvalue weighted by atomic mass is 10.0. The highest BCUT2D eigenvalue weighted by atomic mass is 16.2. The normalized spacial score (nSPS) is 18.7. The Balaban J connectivity index is 1.82. The second kappa shape index (κ2) is 5.60. The number of hydrogen-bond donors (Lipinski definition) is 1. The van der Waals surface area contributed by atoms with E-state index in [0.29, 0.717) is 17.3 Å². The molecule has 1 aromatic carbocycles. The Hall–Kier alpha value is -2.30. The molecule has 110 valence electrons. The van der Waals surface area contributed by atoms with E-state index in [0.717, 1.165) is 25.2 Å². The van der Waals surface area contributed by atoms with Crippen LogP contribution in [0.15, 0.2) is 36.5 Å². The summed E-state index contributed by atoms with van der Waals surface area (Å²) in [6, 6.07) is 9.25. The van der Waals surface area contributed by atoms with Crippen LogP contribution in [0.1, 0.15) is 30.3 Å². The van der Waals surface area contributed by atoms with Crippen molar-refractivity contribution in [1.82, 2.24) is 14.7 Å². The molecule has 1 aliphatic rings. The predicted octanol–water partition coefficient (Wildman–Crippen LogP) is 2.33. The van der Waals surface area contributed by atoms with E-state index < -0.39 is 0 Å². The summed E-state index contributed by atoms with van der Waals surface area (Å²) in [6.45, 7) is 3.82. The van der Waals surface area contributed by atoms with Crippen molar-refractivity contribution in [2.45, 2.75) is 19.8 Å². The number of hydrogen-bond acceptors (Lipinski definition) is 3. The van der Waals surface area contributed by atoms with Crippen LogP contribution in [-0.2, 0) is 0 Å². The minimum Gasteiger partial charge on any atom is -0.397 e. The first-order chi connectivity index (χ1) is 10.1. The minimum absolute atomic E-state index is 0.00908. The van der Waals surface area contributed by atoms with E-state index in [9.17, 15) is 4.79 Å². The molecule has 0 saturated carbocycles. The lowest BCUT2D eigenvalue weighted by Crippen LogP contribution is -2.39. The molecule has 1 unspecified atom stereocenters. The molecule has 1 saturated heterocycles. The van der Waals surface area contributed by atoms with E-state index in [1.54, 1.807) is 16.9 Å². The van der Waals surface area contributed by atoms with E-state index >= 15 is 0 Å². The molecule has 5 nitrogen and oxygen atoms in total. The van der Waals surface area contributed by atoms with Gasteiger partial charge in [-0.2, -0.15) is 5.10 Å². The first-order valence-corrected chi connectivity index (χ1v) is 7.35. The summed E-state index contributed by atoms with van der Waals surface area (Å²) < 4.78 is 1.66. The van der Waals surface area contributed by atoms with Crippen LogP contribution >= 0.6 is 0 Å². The summed E-state index contributed by atoms with van der Waals surface area (Å²) in [5.74, 6) is 0.573. The van der Waals surface area contributed by atoms with E-state index in [4.69, 9.17) is 5.73 Å². The molecule has 21 heavy (non-hydrogen) atoms. The zero-order chi connectivity index (χ0) is 14.8. The maximum atomic E-state index is 12.5. The predicted molar refractivity (Wildman–Crippen MR) is 82.3 cm³/mol. The third-order valence-electron chi connectivity index (χ3n) is 3.94. The Labute approximate surface area is 124 Å². The summed E-state index contributed by atoms with van der Waals surface area (Å²) in [6.07, 6.45) is 4.05. The van der Waals surface area contributed by atoms with Gasteiger partial charge in [-0.3, -0.25) is 4.79 Å². The maximum absolute atomic E-state index is 12.5. The van der Waals surface area contributed by atoms with Gasteiger partial charge < -0.3 is 10.6 Å². The molecular formula is C16H20N4O. The fraction of sp³-hybridized carbons (Fsp3) is 0.375. The van der Waals surface area contributed by atoms with Crippen LogP contribution in [-0.4, -0.2) is 33.7 Å². The number of aromatic nitrogens is 2. The molecule has 1 atom stereocenters. The number of para-hydroxylation sites is 2. The van der Waals surface area contributed by atoms with Gasteiger partial charge in [-0.25, -0.2) is 4.68 Å². The number of benzene rings is 1. The summed E-state index contributed by atoms with van der Waals surface area (Å²) in [7, 11) is 0. The van der Waals surface area contributed by atoms with E-state index in [1.807, 2.05) is 29.2 Å². The Kier molecular flexibility index (Phi) is 3.64. The van der Waals surface area contributed by atoms with Crippen molar-refractivity contribution >= 4 is 11.6 Å². The number of nitrogens with two attached hydrogens (primary N) is 1. The van der Waals surface area contributed by atoms with Crippen molar-refractivity contribution in [3.05, 3.63) is 42.2 Å². The van der Waals surface area contributed by atoms with Crippen molar-refractivity contribution in [2.75, 3.05) is 18.8 Å². The number of nitrogens with zero attached hydrogens (tertiary/aromatic N) is 3. The molecule has 1 aromatic heterocycles. The van der Waals surface area contributed by atoms with Crippen molar-refractivity contribution in [3.63, 3.8) is 0 Å². The first-order valence-electron chi connectivity index (χ1n) is 7.35. The largest absolute Gasteiger partial charge is 0.397 e. The van der Waals surface area contributed by atoms with Crippen LogP contribution in [0.25, 0.3) is 5.69 Å². The van der Waals surface area contributed by atoms with Crippen LogP contribution < -0.4 is 5.73 Å². The van der Waals surface area contributed by atoms with Crippen LogP contribution in [0.4, 0.5) is 5.69 Å². The second-order valence-corrected chi connectivity index (χ2v) is 5.70. The molecular weight excluding hydrogens is 264 g/mol. The molecule has 5 heteroatoms. The maximum Gasteiger partial charge on any atom is 0.274 e. The quantitative estimate of drug-likeness (QED) is 0.861. The number of likely N-dealkylation sites (tertiary alicyclic amines) is 1. The van der Waals surface area contributed by atoms with Gasteiger partial charge in [0.25, 0.3) is 5.91 Å². The first kappa shape index (κ1) is 13.7. The van der Waals surface area contributed by atoms with Gasteiger partial charge in [0.2, 0.25) is 0 Å². The second-order valence-electron chi connectivity index (χ2n) is 5.70. The molecule has 3 rings (SSSR count). The third kappa shape index (κ3) is 2.77. The van der Waals surface area contributed by atoms with Crippen LogP contribution in [0.5, 0.6) is 0 Å². The fourth-order valence-corrected chi connectivity index (χ4v) is 2.80. The summed E-state index contributed by atoms with van der Waals surface area (Å²) in [4.78, 5) is 14.4. The number of rotatable bonds is 2. The molecule has 2 aromatic rings. The van der Waals surface area contributed by atoms with Crippen molar-refractivity contribution in [2.24, 2.45) is 5.92 Å². The summed E-state index contributed by atoms with van der Waals surface area (Å²) in [5, 5.41) is 4.39. The number of amides is 1. The minimum atomic E-state index is 0.00908. The Morgan fingerprint density at radius 3 is 2.90 bits per heavy atom. The molecule has 2 N–H and O–H groups in total. The fourth-order valence-electron chi connectivity index (χ4n) is 2.80. The molecule has 0 bridgehead atoms. The number of carbonyl (C=O) groups is 1. The Morgan fingerprint density at radius 2 is 2.14 bits per heavy atom. The zero-order valence-electron chi connectivity index (χ0n) is 12.2. The highest BCUT2D eigenvalue weighted by molar-refractivity contribution is 5.92. The molecule has 0 aliphatic carbocycles. The summed E-state index contributed by atoms with van der Waals surface area (Å²) in [5.41, 5.74) is 7.86. The lowest BCUT2D eigenvalue weighted by Gasteiger charge is -2.30. The average molecular weight is 284 g/mol.